The third-order valence-electron chi connectivity index (χ3n) is 3.18. The number of hydrogen-bond acceptors (Lipinski definition) is 6. The van der Waals surface area contributed by atoms with Crippen LogP contribution in [0, 0.1) is 6.92 Å². The number of hydrogen-bond donors (Lipinski definition) is 3. The Bertz CT molecular complexity index is 435. The molecule has 0 amide bonds. The lowest BCUT2D eigenvalue weighted by Gasteiger charge is -2.24. The van der Waals surface area contributed by atoms with Gasteiger partial charge < -0.3 is 20.9 Å². The zero-order valence-electron chi connectivity index (χ0n) is 12.9. The average molecular weight is 282 g/mol. The van der Waals surface area contributed by atoms with Crippen molar-refractivity contribution in [1.82, 2.24) is 9.97 Å². The van der Waals surface area contributed by atoms with Gasteiger partial charge in [-0.3, -0.25) is 0 Å². The molecule has 1 rings (SSSR count). The van der Waals surface area contributed by atoms with Crippen molar-refractivity contribution in [3.05, 3.63) is 11.4 Å². The van der Waals surface area contributed by atoms with E-state index in [0.717, 1.165) is 24.2 Å². The fraction of sp³-hybridized carbons (Fsp3) is 0.714. The van der Waals surface area contributed by atoms with Crippen LogP contribution < -0.4 is 11.1 Å². The van der Waals surface area contributed by atoms with Gasteiger partial charge in [-0.1, -0.05) is 6.92 Å². The molecule has 0 radical (unpaired) electrons. The summed E-state index contributed by atoms with van der Waals surface area (Å²) in [7, 11) is 1.62. The van der Waals surface area contributed by atoms with E-state index in [4.69, 9.17) is 10.5 Å². The number of nitrogens with zero attached hydrogens (tertiary/aromatic N) is 2. The monoisotopic (exact) mass is 282 g/mol. The predicted molar refractivity (Wildman–Crippen MR) is 80.8 cm³/mol. The first-order valence-electron chi connectivity index (χ1n) is 6.97. The van der Waals surface area contributed by atoms with E-state index in [-0.39, 0.29) is 0 Å². The predicted octanol–water partition coefficient (Wildman–Crippen LogP) is 1.52. The van der Waals surface area contributed by atoms with Crippen LogP contribution in [0.15, 0.2) is 0 Å². The number of methoxy groups -OCH3 is 1. The van der Waals surface area contributed by atoms with Crippen molar-refractivity contribution >= 4 is 11.6 Å². The summed E-state index contributed by atoms with van der Waals surface area (Å²) in [5.74, 6) is 1.91. The maximum Gasteiger partial charge on any atom is 0.134 e. The van der Waals surface area contributed by atoms with Gasteiger partial charge in [-0.2, -0.15) is 0 Å². The molecule has 1 heterocycles. The average Bonchev–Trinajstić information content (AvgIpc) is 2.39. The second-order valence-electron chi connectivity index (χ2n) is 5.34. The van der Waals surface area contributed by atoms with Crippen molar-refractivity contribution in [1.29, 1.82) is 0 Å². The Labute approximate surface area is 120 Å². The topological polar surface area (TPSA) is 93.3 Å². The van der Waals surface area contributed by atoms with Gasteiger partial charge in [0, 0.05) is 38.7 Å². The molecule has 1 aromatic heterocycles. The van der Waals surface area contributed by atoms with E-state index in [1.807, 2.05) is 6.92 Å². The first-order chi connectivity index (χ1) is 9.39. The molecule has 0 aliphatic heterocycles. The Hall–Kier alpha value is -1.40. The molecule has 6 heteroatoms. The quantitative estimate of drug-likeness (QED) is 0.669. The highest BCUT2D eigenvalue weighted by Gasteiger charge is 2.20. The van der Waals surface area contributed by atoms with Crippen LogP contribution >= 0.6 is 0 Å². The SMILES string of the molecule is CCCc1nc(N)c(C)c(NCC(C)(O)CCOC)n1. The first kappa shape index (κ1) is 16.7. The van der Waals surface area contributed by atoms with Crippen LogP contribution in [0.2, 0.25) is 0 Å². The molecule has 0 bridgehead atoms. The molecule has 0 spiro atoms. The maximum atomic E-state index is 10.2. The standard InChI is InChI=1S/C14H26N4O2/c1-5-6-11-17-12(15)10(2)13(18-11)16-9-14(3,19)7-8-20-4/h19H,5-9H2,1-4H3,(H3,15,16,17,18). The second-order valence-corrected chi connectivity index (χ2v) is 5.34. The fourth-order valence-corrected chi connectivity index (χ4v) is 1.77. The molecule has 0 aliphatic rings. The highest BCUT2D eigenvalue weighted by atomic mass is 16.5. The molecule has 0 saturated carbocycles. The smallest absolute Gasteiger partial charge is 0.134 e. The van der Waals surface area contributed by atoms with Crippen molar-refractivity contribution in [2.45, 2.75) is 45.6 Å². The van der Waals surface area contributed by atoms with E-state index >= 15 is 0 Å². The van der Waals surface area contributed by atoms with E-state index in [1.54, 1.807) is 14.0 Å². The fourth-order valence-electron chi connectivity index (χ4n) is 1.77. The van der Waals surface area contributed by atoms with Crippen molar-refractivity contribution in [3.8, 4) is 0 Å². The summed E-state index contributed by atoms with van der Waals surface area (Å²) >= 11 is 0. The highest BCUT2D eigenvalue weighted by Crippen LogP contribution is 2.19. The molecule has 1 unspecified atom stereocenters. The number of aliphatic hydroxyl groups is 1. The summed E-state index contributed by atoms with van der Waals surface area (Å²) in [5, 5.41) is 13.4. The lowest BCUT2D eigenvalue weighted by atomic mass is 10.0. The summed E-state index contributed by atoms with van der Waals surface area (Å²) in [6, 6.07) is 0. The Morgan fingerprint density at radius 3 is 2.70 bits per heavy atom. The number of ether oxygens (including phenoxy) is 1. The number of anilines is 2. The number of aromatic nitrogens is 2. The van der Waals surface area contributed by atoms with Crippen LogP contribution in [0.25, 0.3) is 0 Å². The van der Waals surface area contributed by atoms with Gasteiger partial charge in [0.1, 0.15) is 17.5 Å². The number of nitrogen functional groups attached to an aromatic ring is 1. The summed E-state index contributed by atoms with van der Waals surface area (Å²) < 4.78 is 4.99. The van der Waals surface area contributed by atoms with Crippen LogP contribution in [0.1, 0.15) is 38.1 Å². The third kappa shape index (κ3) is 4.94. The van der Waals surface area contributed by atoms with Crippen LogP contribution in [0.5, 0.6) is 0 Å². The zero-order valence-corrected chi connectivity index (χ0v) is 12.9. The van der Waals surface area contributed by atoms with Gasteiger partial charge in [0.05, 0.1) is 5.60 Å². The van der Waals surface area contributed by atoms with Gasteiger partial charge in [-0.15, -0.1) is 0 Å². The minimum Gasteiger partial charge on any atom is -0.388 e. The first-order valence-corrected chi connectivity index (χ1v) is 6.97. The second kappa shape index (κ2) is 7.40. The highest BCUT2D eigenvalue weighted by molar-refractivity contribution is 5.54. The van der Waals surface area contributed by atoms with Crippen LogP contribution in [-0.4, -0.2) is 40.9 Å². The van der Waals surface area contributed by atoms with E-state index in [2.05, 4.69) is 22.2 Å². The molecule has 0 aromatic carbocycles. The largest absolute Gasteiger partial charge is 0.388 e. The maximum absolute atomic E-state index is 10.2. The molecule has 1 atom stereocenters. The summed E-state index contributed by atoms with van der Waals surface area (Å²) in [6.45, 7) is 6.62. The van der Waals surface area contributed by atoms with E-state index in [1.165, 1.54) is 0 Å². The van der Waals surface area contributed by atoms with Gasteiger partial charge in [-0.05, 0) is 20.3 Å². The third-order valence-corrected chi connectivity index (χ3v) is 3.18. The van der Waals surface area contributed by atoms with Gasteiger partial charge >= 0.3 is 0 Å². The molecule has 1 aromatic rings. The van der Waals surface area contributed by atoms with Gasteiger partial charge in [0.25, 0.3) is 0 Å². The lowest BCUT2D eigenvalue weighted by molar-refractivity contribution is 0.0357. The number of nitrogens with one attached hydrogen (secondary N) is 1. The van der Waals surface area contributed by atoms with Gasteiger partial charge in [0.15, 0.2) is 0 Å². The molecular formula is C14H26N4O2. The van der Waals surface area contributed by atoms with Crippen LogP contribution in [-0.2, 0) is 11.2 Å². The molecule has 20 heavy (non-hydrogen) atoms. The van der Waals surface area contributed by atoms with Crippen molar-refractivity contribution in [2.24, 2.45) is 0 Å². The lowest BCUT2D eigenvalue weighted by Crippen LogP contribution is -2.35. The normalized spacial score (nSPS) is 14.1. The number of nitrogens with two attached hydrogens (primary N) is 1. The molecule has 114 valence electrons. The van der Waals surface area contributed by atoms with Crippen molar-refractivity contribution in [2.75, 3.05) is 31.3 Å². The van der Waals surface area contributed by atoms with E-state index in [0.29, 0.717) is 31.2 Å². The van der Waals surface area contributed by atoms with Gasteiger partial charge in [-0.25, -0.2) is 9.97 Å². The molecule has 0 fully saturated rings. The summed E-state index contributed by atoms with van der Waals surface area (Å²) in [6.07, 6.45) is 2.31. The molecule has 0 saturated heterocycles. The summed E-state index contributed by atoms with van der Waals surface area (Å²) in [4.78, 5) is 8.72. The van der Waals surface area contributed by atoms with E-state index < -0.39 is 5.60 Å². The Balaban J connectivity index is 2.76. The molecular weight excluding hydrogens is 256 g/mol. The Morgan fingerprint density at radius 1 is 1.40 bits per heavy atom. The minimum absolute atomic E-state index is 0.388. The van der Waals surface area contributed by atoms with E-state index in [9.17, 15) is 5.11 Å². The van der Waals surface area contributed by atoms with Crippen molar-refractivity contribution in [3.63, 3.8) is 0 Å². The number of rotatable bonds is 8. The Kier molecular flexibility index (Phi) is 6.16. The zero-order chi connectivity index (χ0) is 15.2. The molecule has 4 N–H and O–H groups in total. The molecule has 0 aliphatic carbocycles. The molecule has 6 nitrogen and oxygen atoms in total. The van der Waals surface area contributed by atoms with Crippen LogP contribution in [0.4, 0.5) is 11.6 Å². The Morgan fingerprint density at radius 2 is 2.10 bits per heavy atom. The number of aryl methyl sites for hydroxylation is 1. The minimum atomic E-state index is -0.854. The van der Waals surface area contributed by atoms with Gasteiger partial charge in [0.2, 0.25) is 0 Å². The summed E-state index contributed by atoms with van der Waals surface area (Å²) in [5.41, 5.74) is 5.86. The van der Waals surface area contributed by atoms with Crippen molar-refractivity contribution < 1.29 is 9.84 Å². The van der Waals surface area contributed by atoms with Crippen LogP contribution in [0.3, 0.4) is 0 Å².